The summed E-state index contributed by atoms with van der Waals surface area (Å²) in [4.78, 5) is 28.6. The number of carbonyl (C=O) groups excluding carboxylic acids is 2. The Balaban J connectivity index is 1.41. The van der Waals surface area contributed by atoms with Crippen LogP contribution in [-0.2, 0) is 21.4 Å². The fraction of sp³-hybridized carbons (Fsp3) is 0.536. The van der Waals surface area contributed by atoms with Crippen molar-refractivity contribution in [3.8, 4) is 0 Å². The highest BCUT2D eigenvalue weighted by atomic mass is 35.5. The van der Waals surface area contributed by atoms with Gasteiger partial charge in [0.05, 0.1) is 5.56 Å². The molecular formula is C28H35ClN2O3. The van der Waals surface area contributed by atoms with Crippen LogP contribution in [0.5, 0.6) is 0 Å². The summed E-state index contributed by atoms with van der Waals surface area (Å²) in [7, 11) is 0. The Labute approximate surface area is 207 Å². The van der Waals surface area contributed by atoms with Crippen LogP contribution in [0.3, 0.4) is 0 Å². The number of aromatic nitrogens is 1. The number of ether oxygens (including phenoxy) is 1. The summed E-state index contributed by atoms with van der Waals surface area (Å²) in [6.07, 6.45) is 7.11. The Morgan fingerprint density at radius 3 is 2.76 bits per heavy atom. The second kappa shape index (κ2) is 9.69. The van der Waals surface area contributed by atoms with Gasteiger partial charge < -0.3 is 10.1 Å². The number of nitrogens with one attached hydrogen (secondary N) is 1. The van der Waals surface area contributed by atoms with E-state index in [-0.39, 0.29) is 34.1 Å². The molecule has 0 radical (unpaired) electrons. The first-order valence-corrected chi connectivity index (χ1v) is 12.7. The lowest BCUT2D eigenvalue weighted by Crippen LogP contribution is -2.53. The summed E-state index contributed by atoms with van der Waals surface area (Å²) in [5, 5.41) is 3.12. The molecule has 0 spiro atoms. The van der Waals surface area contributed by atoms with Gasteiger partial charge in [-0.2, -0.15) is 0 Å². The number of fused-ring (bicyclic) bond motifs is 3. The molecule has 2 aromatic rings. The van der Waals surface area contributed by atoms with E-state index < -0.39 is 5.97 Å². The summed E-state index contributed by atoms with van der Waals surface area (Å²) in [6, 6.07) is 10.2. The van der Waals surface area contributed by atoms with Crippen molar-refractivity contribution in [3.05, 3.63) is 63.9 Å². The Morgan fingerprint density at radius 2 is 2.03 bits per heavy atom. The lowest BCUT2D eigenvalue weighted by molar-refractivity contribution is -0.125. The molecule has 1 N–H and O–H groups in total. The maximum absolute atomic E-state index is 12.6. The maximum Gasteiger partial charge on any atom is 0.341 e. The van der Waals surface area contributed by atoms with Gasteiger partial charge in [-0.05, 0) is 77.2 Å². The summed E-state index contributed by atoms with van der Waals surface area (Å²) in [5.41, 5.74) is 4.67. The molecule has 1 heterocycles. The van der Waals surface area contributed by atoms with Gasteiger partial charge in [-0.1, -0.05) is 63.9 Å². The second-order valence-electron chi connectivity index (χ2n) is 10.8. The number of hydrogen-bond donors (Lipinski definition) is 1. The summed E-state index contributed by atoms with van der Waals surface area (Å²) < 4.78 is 5.17. The zero-order chi connectivity index (χ0) is 24.5. The van der Waals surface area contributed by atoms with Gasteiger partial charge in [0.15, 0.2) is 6.61 Å². The van der Waals surface area contributed by atoms with Gasteiger partial charge >= 0.3 is 5.97 Å². The summed E-state index contributed by atoms with van der Waals surface area (Å²) in [6.45, 7) is 9.48. The number of hydrogen-bond acceptors (Lipinski definition) is 4. The fourth-order valence-electron chi connectivity index (χ4n) is 6.31. The average molecular weight is 483 g/mol. The molecule has 2 aliphatic carbocycles. The summed E-state index contributed by atoms with van der Waals surface area (Å²) in [5.74, 6) is 0.0863. The van der Waals surface area contributed by atoms with Crippen molar-refractivity contribution in [2.45, 2.75) is 71.1 Å². The van der Waals surface area contributed by atoms with Gasteiger partial charge in [-0.15, -0.1) is 0 Å². The fourth-order valence-corrected chi connectivity index (χ4v) is 6.51. The van der Waals surface area contributed by atoms with E-state index in [1.54, 1.807) is 6.07 Å². The first-order chi connectivity index (χ1) is 16.1. The smallest absolute Gasteiger partial charge is 0.341 e. The van der Waals surface area contributed by atoms with Crippen molar-refractivity contribution >= 4 is 23.5 Å². The van der Waals surface area contributed by atoms with E-state index in [1.165, 1.54) is 35.4 Å². The standard InChI is InChI=1S/C28H35ClN2O3/c1-18(2)19-8-10-22-20(15-19)9-11-23-27(3,12-6-13-28(22,23)4)17-31-24(32)16-34-26(33)21-7-5-14-30-25(21)29/h5,7-8,10,14-15,18,23H,6,9,11-13,16-17H2,1-4H3,(H,31,32). The van der Waals surface area contributed by atoms with Crippen LogP contribution in [0, 0.1) is 11.3 Å². The van der Waals surface area contributed by atoms with Crippen LogP contribution < -0.4 is 5.32 Å². The molecule has 0 aliphatic heterocycles. The molecular weight excluding hydrogens is 448 g/mol. The van der Waals surface area contributed by atoms with E-state index in [1.807, 2.05) is 0 Å². The molecule has 0 bridgehead atoms. The SMILES string of the molecule is CC(C)c1ccc2c(c1)CCC1C(C)(CNC(=O)COC(=O)c3cccnc3Cl)CCCC21C. The molecule has 3 atom stereocenters. The van der Waals surface area contributed by atoms with Crippen molar-refractivity contribution in [2.24, 2.45) is 11.3 Å². The van der Waals surface area contributed by atoms with Crippen molar-refractivity contribution in [1.82, 2.24) is 10.3 Å². The van der Waals surface area contributed by atoms with Crippen LogP contribution in [0.2, 0.25) is 5.15 Å². The quantitative estimate of drug-likeness (QED) is 0.414. The highest BCUT2D eigenvalue weighted by Crippen LogP contribution is 2.57. The average Bonchev–Trinajstić information content (AvgIpc) is 2.81. The Bertz CT molecular complexity index is 1090. The molecule has 1 fully saturated rings. The highest BCUT2D eigenvalue weighted by Gasteiger charge is 2.51. The van der Waals surface area contributed by atoms with Gasteiger partial charge in [0.1, 0.15) is 5.15 Å². The minimum Gasteiger partial charge on any atom is -0.452 e. The highest BCUT2D eigenvalue weighted by molar-refractivity contribution is 6.32. The minimum absolute atomic E-state index is 0.00621. The number of halogens is 1. The molecule has 34 heavy (non-hydrogen) atoms. The Morgan fingerprint density at radius 1 is 1.24 bits per heavy atom. The summed E-state index contributed by atoms with van der Waals surface area (Å²) >= 11 is 5.94. The van der Waals surface area contributed by atoms with Gasteiger partial charge in [-0.25, -0.2) is 9.78 Å². The van der Waals surface area contributed by atoms with Crippen molar-refractivity contribution in [1.29, 1.82) is 0 Å². The predicted molar refractivity (Wildman–Crippen MR) is 134 cm³/mol. The van der Waals surface area contributed by atoms with E-state index in [0.29, 0.717) is 18.4 Å². The molecule has 2 aliphatic rings. The van der Waals surface area contributed by atoms with Crippen LogP contribution in [0.15, 0.2) is 36.5 Å². The zero-order valence-electron chi connectivity index (χ0n) is 20.6. The van der Waals surface area contributed by atoms with Gasteiger partial charge in [0.25, 0.3) is 5.91 Å². The first-order valence-electron chi connectivity index (χ1n) is 12.3. The van der Waals surface area contributed by atoms with E-state index in [2.05, 4.69) is 56.2 Å². The van der Waals surface area contributed by atoms with Gasteiger partial charge in [0.2, 0.25) is 0 Å². The predicted octanol–water partition coefficient (Wildman–Crippen LogP) is 5.84. The normalized spacial score (nSPS) is 25.9. The van der Waals surface area contributed by atoms with Crippen LogP contribution in [0.25, 0.3) is 0 Å². The topological polar surface area (TPSA) is 68.3 Å². The van der Waals surface area contributed by atoms with Crippen LogP contribution >= 0.6 is 11.6 Å². The first kappa shape index (κ1) is 24.7. The number of esters is 1. The van der Waals surface area contributed by atoms with Crippen molar-refractivity contribution in [2.75, 3.05) is 13.2 Å². The maximum atomic E-state index is 12.6. The lowest BCUT2D eigenvalue weighted by Gasteiger charge is -2.55. The van der Waals surface area contributed by atoms with E-state index in [0.717, 1.165) is 25.7 Å². The number of aryl methyl sites for hydroxylation is 1. The third-order valence-corrected chi connectivity index (χ3v) is 8.47. The van der Waals surface area contributed by atoms with Crippen molar-refractivity contribution in [3.63, 3.8) is 0 Å². The molecule has 1 saturated carbocycles. The zero-order valence-corrected chi connectivity index (χ0v) is 21.4. The number of benzene rings is 1. The number of pyridine rings is 1. The largest absolute Gasteiger partial charge is 0.452 e. The second-order valence-corrected chi connectivity index (χ2v) is 11.1. The van der Waals surface area contributed by atoms with Gasteiger partial charge in [0, 0.05) is 12.7 Å². The molecule has 1 aromatic carbocycles. The molecule has 0 saturated heterocycles. The van der Waals surface area contributed by atoms with Crippen LogP contribution in [-0.4, -0.2) is 30.0 Å². The molecule has 1 amide bonds. The molecule has 3 unspecified atom stereocenters. The Hall–Kier alpha value is -2.40. The van der Waals surface area contributed by atoms with Crippen LogP contribution in [0.4, 0.5) is 0 Å². The number of carbonyl (C=O) groups is 2. The Kier molecular flexibility index (Phi) is 7.04. The number of nitrogens with zero attached hydrogens (tertiary/aromatic N) is 1. The third-order valence-electron chi connectivity index (χ3n) is 8.17. The van der Waals surface area contributed by atoms with E-state index in [4.69, 9.17) is 16.3 Å². The molecule has 182 valence electrons. The minimum atomic E-state index is -0.644. The van der Waals surface area contributed by atoms with E-state index >= 15 is 0 Å². The van der Waals surface area contributed by atoms with Crippen LogP contribution in [0.1, 0.15) is 86.3 Å². The van der Waals surface area contributed by atoms with E-state index in [9.17, 15) is 9.59 Å². The molecule has 6 heteroatoms. The molecule has 5 nitrogen and oxygen atoms in total. The third kappa shape index (κ3) is 4.72. The molecule has 4 rings (SSSR count). The van der Waals surface area contributed by atoms with Gasteiger partial charge in [-0.3, -0.25) is 4.79 Å². The molecule has 1 aromatic heterocycles. The number of rotatable bonds is 6. The number of amides is 1. The monoisotopic (exact) mass is 482 g/mol. The lowest BCUT2D eigenvalue weighted by atomic mass is 9.49. The van der Waals surface area contributed by atoms with Crippen molar-refractivity contribution < 1.29 is 14.3 Å².